The van der Waals surface area contributed by atoms with Crippen LogP contribution in [0.3, 0.4) is 0 Å². The molecule has 55 heavy (non-hydrogen) atoms. The summed E-state index contributed by atoms with van der Waals surface area (Å²) in [6.45, 7) is 10.9. The standard InChI is InChI=1S/C42H56N8O5/c1-25(2)35(43)40(51)49-23-11-15-34(49)39-46-37-27(5)16-17-28(12-8-7-9-13-32(37)50(39)54)29-18-20-30(21-19-29)31-24-44-38(45-31)33-14-10-22-48(33)41(52)36(26(3)4)47-42(53)55-6/h8,12,16-21,24-26,33-36,54H,7,9-11,13-15,22-23,43H2,1-6H3,(H,44,45)(H,47,53)/b12-8+,27-16+,28-17+/t33-,34-,35-,36-/m0/s1. The van der Waals surface area contributed by atoms with Crippen LogP contribution in [0, 0.1) is 11.8 Å². The molecule has 0 unspecified atom stereocenters. The van der Waals surface area contributed by atoms with Crippen molar-refractivity contribution in [3.05, 3.63) is 83.4 Å². The van der Waals surface area contributed by atoms with Gasteiger partial charge in [-0.15, -0.1) is 0 Å². The largest absolute Gasteiger partial charge is 0.453 e. The number of alkyl carbamates (subject to hydrolysis) is 1. The highest BCUT2D eigenvalue weighted by atomic mass is 16.5. The Kier molecular flexibility index (Phi) is 12.3. The maximum atomic E-state index is 13.6. The van der Waals surface area contributed by atoms with E-state index < -0.39 is 18.2 Å². The number of allylic oxidation sites excluding steroid dienone is 6. The molecular formula is C42H56N8O5. The molecule has 4 heterocycles. The third-order valence-electron chi connectivity index (χ3n) is 11.1. The van der Waals surface area contributed by atoms with Gasteiger partial charge in [-0.25, -0.2) is 14.8 Å². The van der Waals surface area contributed by atoms with Gasteiger partial charge in [0.15, 0.2) is 5.82 Å². The van der Waals surface area contributed by atoms with Gasteiger partial charge in [-0.05, 0) is 86.0 Å². The molecule has 13 nitrogen and oxygen atoms in total. The van der Waals surface area contributed by atoms with Gasteiger partial charge in [-0.3, -0.25) is 9.59 Å². The van der Waals surface area contributed by atoms with Gasteiger partial charge in [0.05, 0.1) is 48.5 Å². The molecular weight excluding hydrogens is 697 g/mol. The molecule has 5 N–H and O–H groups in total. The number of nitrogens with one attached hydrogen (secondary N) is 2. The second-order valence-corrected chi connectivity index (χ2v) is 15.6. The molecule has 1 aliphatic carbocycles. The van der Waals surface area contributed by atoms with Gasteiger partial charge in [0.25, 0.3) is 0 Å². The van der Waals surface area contributed by atoms with Gasteiger partial charge in [0, 0.05) is 13.1 Å². The lowest BCUT2D eigenvalue weighted by atomic mass is 10.0. The molecule has 294 valence electrons. The molecule has 0 bridgehead atoms. The summed E-state index contributed by atoms with van der Waals surface area (Å²) in [5, 5.41) is 14.2. The van der Waals surface area contributed by atoms with E-state index in [1.165, 1.54) is 11.8 Å². The number of amides is 3. The number of nitrogens with two attached hydrogens (primary N) is 1. The van der Waals surface area contributed by atoms with Crippen LogP contribution in [0.15, 0.2) is 54.8 Å². The van der Waals surface area contributed by atoms with Gasteiger partial charge in [0.2, 0.25) is 11.8 Å². The van der Waals surface area contributed by atoms with E-state index in [-0.39, 0.29) is 35.7 Å². The lowest BCUT2D eigenvalue weighted by Crippen LogP contribution is -2.51. The normalized spacial score (nSPS) is 22.6. The summed E-state index contributed by atoms with van der Waals surface area (Å²) in [6, 6.07) is 6.49. The van der Waals surface area contributed by atoms with Crippen LogP contribution < -0.4 is 11.1 Å². The quantitative estimate of drug-likeness (QED) is 0.178. The second-order valence-electron chi connectivity index (χ2n) is 15.6. The Balaban J connectivity index is 1.20. The summed E-state index contributed by atoms with van der Waals surface area (Å²) in [5.74, 6) is 0.890. The minimum atomic E-state index is -0.691. The number of hydrogen-bond donors (Lipinski definition) is 4. The fourth-order valence-electron chi connectivity index (χ4n) is 7.82. The minimum Gasteiger partial charge on any atom is -0.453 e. The van der Waals surface area contributed by atoms with Gasteiger partial charge in [0.1, 0.15) is 11.9 Å². The Labute approximate surface area is 323 Å². The van der Waals surface area contributed by atoms with Crippen LogP contribution in [0.25, 0.3) is 22.4 Å². The molecule has 3 amide bonds. The number of imidazole rings is 2. The molecule has 2 saturated heterocycles. The molecule has 0 spiro atoms. The number of H-pyrrole nitrogens is 1. The Hall–Kier alpha value is -5.17. The summed E-state index contributed by atoms with van der Waals surface area (Å²) in [5.41, 5.74) is 12.6. The molecule has 13 heteroatoms. The first-order valence-electron chi connectivity index (χ1n) is 19.6. The smallest absolute Gasteiger partial charge is 0.407 e. The van der Waals surface area contributed by atoms with Crippen LogP contribution in [-0.4, -0.2) is 84.9 Å². The van der Waals surface area contributed by atoms with Gasteiger partial charge >= 0.3 is 6.09 Å². The van der Waals surface area contributed by atoms with Crippen LogP contribution in [0.4, 0.5) is 4.79 Å². The number of aromatic amines is 1. The van der Waals surface area contributed by atoms with E-state index in [1.54, 1.807) is 4.90 Å². The fourth-order valence-corrected chi connectivity index (χ4v) is 7.82. The number of fused-ring (bicyclic) bond motifs is 1. The van der Waals surface area contributed by atoms with Gasteiger partial charge < -0.3 is 35.8 Å². The number of likely N-dealkylation sites (tertiary alicyclic amines) is 2. The molecule has 0 saturated carbocycles. The minimum absolute atomic E-state index is 0.0162. The second kappa shape index (κ2) is 17.1. The Morgan fingerprint density at radius 1 is 0.945 bits per heavy atom. The Bertz CT molecular complexity index is 1960. The van der Waals surface area contributed by atoms with Crippen molar-refractivity contribution in [1.29, 1.82) is 0 Å². The number of benzene rings is 1. The van der Waals surface area contributed by atoms with Gasteiger partial charge in [-0.1, -0.05) is 76.3 Å². The molecule has 3 aromatic rings. The summed E-state index contributed by atoms with van der Waals surface area (Å²) in [7, 11) is 1.29. The lowest BCUT2D eigenvalue weighted by Gasteiger charge is -2.30. The third kappa shape index (κ3) is 8.41. The number of nitrogens with zero attached hydrogens (tertiary/aromatic N) is 5. The predicted octanol–water partition coefficient (Wildman–Crippen LogP) is 6.58. The van der Waals surface area contributed by atoms with Crippen molar-refractivity contribution in [1.82, 2.24) is 34.8 Å². The van der Waals surface area contributed by atoms with E-state index in [1.807, 2.05) is 51.8 Å². The van der Waals surface area contributed by atoms with Crippen LogP contribution in [-0.2, 0) is 20.7 Å². The van der Waals surface area contributed by atoms with E-state index in [2.05, 4.69) is 52.8 Å². The van der Waals surface area contributed by atoms with E-state index >= 15 is 0 Å². The third-order valence-corrected chi connectivity index (χ3v) is 11.1. The van der Waals surface area contributed by atoms with E-state index in [0.717, 1.165) is 83.7 Å². The first-order valence-corrected chi connectivity index (χ1v) is 19.6. The van der Waals surface area contributed by atoms with Gasteiger partial charge in [-0.2, -0.15) is 4.73 Å². The summed E-state index contributed by atoms with van der Waals surface area (Å²) < 4.78 is 5.99. The molecule has 2 aromatic heterocycles. The number of ether oxygens (including phenoxy) is 1. The van der Waals surface area contributed by atoms with Crippen molar-refractivity contribution in [2.75, 3.05) is 20.2 Å². The van der Waals surface area contributed by atoms with Crippen LogP contribution >= 0.6 is 0 Å². The van der Waals surface area contributed by atoms with E-state index in [9.17, 15) is 19.6 Å². The van der Waals surface area contributed by atoms with E-state index in [4.69, 9.17) is 20.4 Å². The van der Waals surface area contributed by atoms with Crippen molar-refractivity contribution in [3.8, 4) is 11.3 Å². The Morgan fingerprint density at radius 3 is 2.29 bits per heavy atom. The van der Waals surface area contributed by atoms with Crippen molar-refractivity contribution in [2.24, 2.45) is 17.6 Å². The molecule has 6 rings (SSSR count). The zero-order chi connectivity index (χ0) is 39.4. The van der Waals surface area contributed by atoms with Crippen molar-refractivity contribution >= 4 is 29.1 Å². The predicted molar refractivity (Wildman–Crippen MR) is 211 cm³/mol. The van der Waals surface area contributed by atoms with Crippen LogP contribution in [0.5, 0.6) is 0 Å². The molecule has 4 atom stereocenters. The first kappa shape index (κ1) is 39.5. The van der Waals surface area contributed by atoms with Crippen molar-refractivity contribution < 1.29 is 24.3 Å². The highest BCUT2D eigenvalue weighted by Gasteiger charge is 2.39. The number of carbonyl (C=O) groups excluding carboxylic acids is 3. The molecule has 2 fully saturated rings. The molecule has 3 aliphatic rings. The Morgan fingerprint density at radius 2 is 1.62 bits per heavy atom. The number of methoxy groups -OCH3 is 1. The SMILES string of the molecule is COC(=O)N[C@H](C(=O)N1CCC[C@H]1c1ncc(-c2ccc(C3=C/C=C(\C)c4nc([C@@H]5CCCN5C(=O)[C@@H](N)C(C)C)n(O)c4CCC\C=C\3)cc2)[nH]1)C(C)C. The first-order chi connectivity index (χ1) is 26.4. The van der Waals surface area contributed by atoms with Crippen LogP contribution in [0.2, 0.25) is 0 Å². The molecule has 1 aromatic carbocycles. The average molecular weight is 753 g/mol. The van der Waals surface area contributed by atoms with E-state index in [0.29, 0.717) is 25.3 Å². The van der Waals surface area contributed by atoms with Crippen molar-refractivity contribution in [2.45, 2.75) is 104 Å². The zero-order valence-corrected chi connectivity index (χ0v) is 32.9. The lowest BCUT2D eigenvalue weighted by molar-refractivity contribution is -0.136. The van der Waals surface area contributed by atoms with Crippen LogP contribution in [0.1, 0.15) is 114 Å². The number of hydrogen-bond acceptors (Lipinski definition) is 8. The fraction of sp³-hybridized carbons (Fsp3) is 0.500. The number of aromatic nitrogens is 4. The summed E-state index contributed by atoms with van der Waals surface area (Å²) in [6.07, 6.45) is 15.1. The maximum Gasteiger partial charge on any atom is 0.407 e. The highest BCUT2D eigenvalue weighted by molar-refractivity contribution is 5.86. The number of carbonyl (C=O) groups is 3. The topological polar surface area (TPSA) is 172 Å². The highest BCUT2D eigenvalue weighted by Crippen LogP contribution is 2.36. The maximum absolute atomic E-state index is 13.6. The number of rotatable bonds is 9. The summed E-state index contributed by atoms with van der Waals surface area (Å²) in [4.78, 5) is 55.6. The monoisotopic (exact) mass is 752 g/mol. The average Bonchev–Trinajstić information content (AvgIpc) is 4.00. The van der Waals surface area contributed by atoms with Crippen molar-refractivity contribution in [3.63, 3.8) is 0 Å². The summed E-state index contributed by atoms with van der Waals surface area (Å²) >= 11 is 0. The zero-order valence-electron chi connectivity index (χ0n) is 32.9. The molecule has 2 aliphatic heterocycles. The molecule has 0 radical (unpaired) electrons.